The van der Waals surface area contributed by atoms with Crippen molar-refractivity contribution in [1.82, 2.24) is 10.3 Å². The molecule has 2 aromatic rings. The van der Waals surface area contributed by atoms with Crippen molar-refractivity contribution < 1.29 is 4.74 Å². The van der Waals surface area contributed by atoms with E-state index in [1.165, 1.54) is 5.56 Å². The average molecular weight is 367 g/mol. The van der Waals surface area contributed by atoms with Crippen LogP contribution in [-0.2, 0) is 0 Å². The summed E-state index contributed by atoms with van der Waals surface area (Å²) in [4.78, 5) is 4.60. The van der Waals surface area contributed by atoms with Crippen molar-refractivity contribution in [3.8, 4) is 5.75 Å². The van der Waals surface area contributed by atoms with E-state index < -0.39 is 0 Å². The second kappa shape index (κ2) is 6.46. The van der Waals surface area contributed by atoms with E-state index >= 15 is 0 Å². The third kappa shape index (κ3) is 3.30. The van der Waals surface area contributed by atoms with Gasteiger partial charge in [-0.2, -0.15) is 0 Å². The van der Waals surface area contributed by atoms with Crippen molar-refractivity contribution in [3.63, 3.8) is 0 Å². The first kappa shape index (κ1) is 15.0. The van der Waals surface area contributed by atoms with Gasteiger partial charge in [0.25, 0.3) is 0 Å². The number of thiazole rings is 1. The van der Waals surface area contributed by atoms with E-state index in [1.807, 2.05) is 6.92 Å². The summed E-state index contributed by atoms with van der Waals surface area (Å²) in [5, 5.41) is 6.83. The van der Waals surface area contributed by atoms with Crippen molar-refractivity contribution in [2.24, 2.45) is 0 Å². The molecule has 0 fully saturated rings. The second-order valence-electron chi connectivity index (χ2n) is 5.32. The van der Waals surface area contributed by atoms with Crippen LogP contribution in [0.3, 0.4) is 0 Å². The van der Waals surface area contributed by atoms with Gasteiger partial charge in [-0.25, -0.2) is 4.98 Å². The number of aryl methyl sites for hydroxylation is 1. The Kier molecular flexibility index (Phi) is 4.62. The Labute approximate surface area is 137 Å². The number of hydrogen-bond donors (Lipinski definition) is 1. The summed E-state index contributed by atoms with van der Waals surface area (Å²) in [6.07, 6.45) is 2.09. The van der Waals surface area contributed by atoms with Gasteiger partial charge in [0, 0.05) is 27.9 Å². The Bertz CT molecular complexity index is 628. The van der Waals surface area contributed by atoms with Crippen molar-refractivity contribution >= 4 is 27.3 Å². The Balaban J connectivity index is 1.91. The van der Waals surface area contributed by atoms with Gasteiger partial charge in [-0.05, 0) is 32.0 Å². The molecule has 2 atom stereocenters. The van der Waals surface area contributed by atoms with Gasteiger partial charge in [0.15, 0.2) is 0 Å². The minimum Gasteiger partial charge on any atom is -0.484 e. The van der Waals surface area contributed by atoms with Crippen molar-refractivity contribution in [1.29, 1.82) is 0 Å². The van der Waals surface area contributed by atoms with Crippen molar-refractivity contribution in [2.75, 3.05) is 6.54 Å². The van der Waals surface area contributed by atoms with E-state index in [9.17, 15) is 0 Å². The highest BCUT2D eigenvalue weighted by molar-refractivity contribution is 9.10. The summed E-state index contributed by atoms with van der Waals surface area (Å²) in [6.45, 7) is 5.24. The minimum absolute atomic E-state index is 0.0334. The third-order valence-corrected chi connectivity index (χ3v) is 4.96. The number of hydrogen-bond acceptors (Lipinski definition) is 4. The number of nitrogens with one attached hydrogen (secondary N) is 1. The lowest BCUT2D eigenvalue weighted by Gasteiger charge is -2.32. The van der Waals surface area contributed by atoms with Crippen LogP contribution in [0, 0.1) is 6.92 Å². The molecule has 5 heteroatoms. The molecule has 1 N–H and O–H groups in total. The summed E-state index contributed by atoms with van der Waals surface area (Å²) in [6, 6.07) is 6.61. The fourth-order valence-electron chi connectivity index (χ4n) is 2.66. The van der Waals surface area contributed by atoms with Crippen LogP contribution in [0.5, 0.6) is 5.75 Å². The summed E-state index contributed by atoms with van der Waals surface area (Å²) >= 11 is 5.21. The molecule has 0 aliphatic carbocycles. The van der Waals surface area contributed by atoms with Crippen LogP contribution in [0.2, 0.25) is 0 Å². The standard InChI is InChI=1S/C16H19BrN2OS/c1-3-6-18-13-8-16(14-9-21-10(2)19-14)20-15-7-11(17)4-5-12(13)15/h4-5,7,9,13,16,18H,3,6,8H2,1-2H3. The van der Waals surface area contributed by atoms with Crippen LogP contribution in [0.25, 0.3) is 0 Å². The van der Waals surface area contributed by atoms with E-state index in [2.05, 4.69) is 56.7 Å². The number of rotatable bonds is 4. The monoisotopic (exact) mass is 366 g/mol. The SMILES string of the molecule is CCCNC1CC(c2csc(C)n2)Oc2cc(Br)ccc21. The first-order chi connectivity index (χ1) is 10.2. The molecular formula is C16H19BrN2OS. The summed E-state index contributed by atoms with van der Waals surface area (Å²) in [7, 11) is 0. The molecule has 0 amide bonds. The summed E-state index contributed by atoms with van der Waals surface area (Å²) in [5.74, 6) is 0.958. The highest BCUT2D eigenvalue weighted by Gasteiger charge is 2.30. The van der Waals surface area contributed by atoms with Crippen LogP contribution in [-0.4, -0.2) is 11.5 Å². The first-order valence-corrected chi connectivity index (χ1v) is 8.96. The molecule has 1 aliphatic heterocycles. The molecule has 0 spiro atoms. The molecule has 2 heterocycles. The molecule has 0 saturated carbocycles. The predicted octanol–water partition coefficient (Wildman–Crippen LogP) is 4.78. The van der Waals surface area contributed by atoms with Crippen LogP contribution >= 0.6 is 27.3 Å². The van der Waals surface area contributed by atoms with Gasteiger partial charge < -0.3 is 10.1 Å². The average Bonchev–Trinajstić information content (AvgIpc) is 2.90. The fourth-order valence-corrected chi connectivity index (χ4v) is 3.66. The van der Waals surface area contributed by atoms with Crippen molar-refractivity contribution in [2.45, 2.75) is 38.8 Å². The Morgan fingerprint density at radius 1 is 1.48 bits per heavy atom. The maximum atomic E-state index is 6.20. The van der Waals surface area contributed by atoms with Crippen molar-refractivity contribution in [3.05, 3.63) is 44.3 Å². The minimum atomic E-state index is 0.0334. The molecule has 2 unspecified atom stereocenters. The normalized spacial score (nSPS) is 20.9. The van der Waals surface area contributed by atoms with E-state index in [0.717, 1.165) is 40.3 Å². The fraction of sp³-hybridized carbons (Fsp3) is 0.438. The molecule has 3 nitrogen and oxygen atoms in total. The lowest BCUT2D eigenvalue weighted by atomic mass is 9.95. The number of nitrogens with zero attached hydrogens (tertiary/aromatic N) is 1. The van der Waals surface area contributed by atoms with Gasteiger partial charge in [0.2, 0.25) is 0 Å². The number of ether oxygens (including phenoxy) is 1. The molecule has 1 aromatic carbocycles. The second-order valence-corrected chi connectivity index (χ2v) is 7.30. The van der Waals surface area contributed by atoms with Gasteiger partial charge in [-0.15, -0.1) is 11.3 Å². The number of fused-ring (bicyclic) bond motifs is 1. The predicted molar refractivity (Wildman–Crippen MR) is 90.0 cm³/mol. The molecule has 112 valence electrons. The third-order valence-electron chi connectivity index (χ3n) is 3.68. The number of benzene rings is 1. The molecule has 0 saturated heterocycles. The van der Waals surface area contributed by atoms with Gasteiger partial charge in [0.05, 0.1) is 10.7 Å². The van der Waals surface area contributed by atoms with Crippen LogP contribution < -0.4 is 10.1 Å². The van der Waals surface area contributed by atoms with Gasteiger partial charge >= 0.3 is 0 Å². The Morgan fingerprint density at radius 3 is 3.05 bits per heavy atom. The van der Waals surface area contributed by atoms with E-state index in [0.29, 0.717) is 6.04 Å². The van der Waals surface area contributed by atoms with E-state index in [-0.39, 0.29) is 6.10 Å². The molecule has 1 aliphatic rings. The zero-order chi connectivity index (χ0) is 14.8. The quantitative estimate of drug-likeness (QED) is 0.845. The Morgan fingerprint density at radius 2 is 2.33 bits per heavy atom. The molecule has 21 heavy (non-hydrogen) atoms. The summed E-state index contributed by atoms with van der Waals surface area (Å²) in [5.41, 5.74) is 2.29. The first-order valence-electron chi connectivity index (χ1n) is 7.29. The maximum absolute atomic E-state index is 6.20. The number of halogens is 1. The molecular weight excluding hydrogens is 348 g/mol. The molecule has 0 radical (unpaired) electrons. The van der Waals surface area contributed by atoms with E-state index in [1.54, 1.807) is 11.3 Å². The van der Waals surface area contributed by atoms with Gasteiger partial charge in [-0.1, -0.05) is 28.9 Å². The molecule has 0 bridgehead atoms. The molecule has 1 aromatic heterocycles. The smallest absolute Gasteiger partial charge is 0.143 e. The lowest BCUT2D eigenvalue weighted by molar-refractivity contribution is 0.148. The number of aromatic nitrogens is 1. The summed E-state index contributed by atoms with van der Waals surface area (Å²) < 4.78 is 7.24. The van der Waals surface area contributed by atoms with Crippen LogP contribution in [0.1, 0.15) is 48.2 Å². The topological polar surface area (TPSA) is 34.2 Å². The van der Waals surface area contributed by atoms with Crippen LogP contribution in [0.4, 0.5) is 0 Å². The largest absolute Gasteiger partial charge is 0.484 e. The lowest BCUT2D eigenvalue weighted by Crippen LogP contribution is -2.29. The van der Waals surface area contributed by atoms with Gasteiger partial charge in [-0.3, -0.25) is 0 Å². The highest BCUT2D eigenvalue weighted by Crippen LogP contribution is 2.42. The maximum Gasteiger partial charge on any atom is 0.143 e. The zero-order valence-electron chi connectivity index (χ0n) is 12.2. The van der Waals surface area contributed by atoms with Gasteiger partial charge in [0.1, 0.15) is 11.9 Å². The Hall–Kier alpha value is -0.910. The van der Waals surface area contributed by atoms with E-state index in [4.69, 9.17) is 4.74 Å². The zero-order valence-corrected chi connectivity index (χ0v) is 14.6. The highest BCUT2D eigenvalue weighted by atomic mass is 79.9. The van der Waals surface area contributed by atoms with Crippen LogP contribution in [0.15, 0.2) is 28.1 Å². The molecule has 3 rings (SSSR count).